The van der Waals surface area contributed by atoms with Crippen LogP contribution in [0.5, 0.6) is 0 Å². The zero-order chi connectivity index (χ0) is 22.8. The maximum absolute atomic E-state index is 13.2. The third-order valence-corrected chi connectivity index (χ3v) is 5.99. The van der Waals surface area contributed by atoms with Crippen LogP contribution in [-0.2, 0) is 17.6 Å². The molecule has 2 N–H and O–H groups in total. The van der Waals surface area contributed by atoms with Crippen LogP contribution in [0.15, 0.2) is 54.3 Å². The Morgan fingerprint density at radius 1 is 1.03 bits per heavy atom. The van der Waals surface area contributed by atoms with Crippen molar-refractivity contribution in [1.29, 1.82) is 5.26 Å². The molecule has 0 saturated carbocycles. The molecule has 33 heavy (non-hydrogen) atoms. The van der Waals surface area contributed by atoms with Crippen molar-refractivity contribution in [3.8, 4) is 6.07 Å². The Balaban J connectivity index is 1.47. The second kappa shape index (κ2) is 8.75. The van der Waals surface area contributed by atoms with Crippen molar-refractivity contribution < 1.29 is 14.6 Å². The highest BCUT2D eigenvalue weighted by Crippen LogP contribution is 2.29. The number of nitrogens with zero attached hydrogens (tertiary/aromatic N) is 3. The van der Waals surface area contributed by atoms with Crippen LogP contribution in [0.2, 0.25) is 0 Å². The first-order valence-corrected chi connectivity index (χ1v) is 11.0. The van der Waals surface area contributed by atoms with E-state index >= 15 is 0 Å². The summed E-state index contributed by atoms with van der Waals surface area (Å²) in [5, 5.41) is 20.9. The predicted octanol–water partition coefficient (Wildman–Crippen LogP) is 5.03. The van der Waals surface area contributed by atoms with E-state index in [1.54, 1.807) is 0 Å². The van der Waals surface area contributed by atoms with E-state index in [1.807, 2.05) is 54.6 Å². The molecule has 0 aliphatic heterocycles. The standard InChI is InChI=1S/C26H22N4O3/c27-14-18(25-29-21-12-6-7-13-22(21)30-25)23(31)15-33-26(32)24-16-8-2-1-3-10-19(16)28-20-11-5-4-9-17(20)24/h4-7,9,11-13,31H,1-3,8,10,15H2,(H,29,30). The molecule has 2 aromatic heterocycles. The second-order valence-corrected chi connectivity index (χ2v) is 8.10. The van der Waals surface area contributed by atoms with Crippen molar-refractivity contribution in [2.75, 3.05) is 6.61 Å². The number of H-pyrrole nitrogens is 1. The lowest BCUT2D eigenvalue weighted by molar-refractivity contribution is 0.0503. The number of allylic oxidation sites excluding steroid dienone is 1. The number of hydrogen-bond donors (Lipinski definition) is 2. The van der Waals surface area contributed by atoms with Gasteiger partial charge in [0.15, 0.2) is 11.6 Å². The number of imidazole rings is 1. The smallest absolute Gasteiger partial charge is 0.339 e. The molecule has 5 rings (SSSR count). The van der Waals surface area contributed by atoms with Crippen LogP contribution in [0.1, 0.15) is 46.7 Å². The highest BCUT2D eigenvalue weighted by atomic mass is 16.5. The maximum atomic E-state index is 13.2. The molecule has 7 heteroatoms. The normalized spacial score (nSPS) is 14.3. The number of nitrogens with one attached hydrogen (secondary N) is 1. The van der Waals surface area contributed by atoms with Crippen LogP contribution in [0.25, 0.3) is 27.5 Å². The zero-order valence-electron chi connectivity index (χ0n) is 18.0. The van der Waals surface area contributed by atoms with Crippen molar-refractivity contribution >= 4 is 33.5 Å². The molecular formula is C26H22N4O3. The third-order valence-electron chi connectivity index (χ3n) is 5.99. The van der Waals surface area contributed by atoms with Gasteiger partial charge in [-0.1, -0.05) is 36.8 Å². The number of para-hydroxylation sites is 3. The molecular weight excluding hydrogens is 416 g/mol. The van der Waals surface area contributed by atoms with Gasteiger partial charge in [-0.15, -0.1) is 0 Å². The van der Waals surface area contributed by atoms with Gasteiger partial charge in [0.1, 0.15) is 18.2 Å². The number of ether oxygens (including phenoxy) is 1. The third kappa shape index (κ3) is 3.92. The second-order valence-electron chi connectivity index (χ2n) is 8.10. The quantitative estimate of drug-likeness (QED) is 0.200. The fourth-order valence-corrected chi connectivity index (χ4v) is 4.39. The van der Waals surface area contributed by atoms with Gasteiger partial charge in [-0.25, -0.2) is 9.78 Å². The van der Waals surface area contributed by atoms with Crippen molar-refractivity contribution in [3.05, 3.63) is 76.9 Å². The minimum Gasteiger partial charge on any atom is -0.507 e. The van der Waals surface area contributed by atoms with E-state index in [-0.39, 0.29) is 17.2 Å². The lowest BCUT2D eigenvalue weighted by Crippen LogP contribution is -2.14. The molecule has 0 saturated heterocycles. The van der Waals surface area contributed by atoms with E-state index in [0.717, 1.165) is 59.8 Å². The largest absolute Gasteiger partial charge is 0.507 e. The summed E-state index contributed by atoms with van der Waals surface area (Å²) in [5.41, 5.74) is 4.50. The summed E-state index contributed by atoms with van der Waals surface area (Å²) in [5.74, 6) is -0.648. The number of esters is 1. The van der Waals surface area contributed by atoms with E-state index in [9.17, 15) is 15.2 Å². The molecule has 4 aromatic rings. The Hall–Kier alpha value is -4.18. The Kier molecular flexibility index (Phi) is 5.49. The van der Waals surface area contributed by atoms with Crippen LogP contribution >= 0.6 is 0 Å². The summed E-state index contributed by atoms with van der Waals surface area (Å²) in [7, 11) is 0. The molecule has 0 fully saturated rings. The fourth-order valence-electron chi connectivity index (χ4n) is 4.39. The van der Waals surface area contributed by atoms with Gasteiger partial charge >= 0.3 is 5.97 Å². The number of pyridine rings is 1. The van der Waals surface area contributed by atoms with Gasteiger partial charge in [-0.3, -0.25) is 4.98 Å². The van der Waals surface area contributed by atoms with Crippen molar-refractivity contribution in [2.45, 2.75) is 32.1 Å². The van der Waals surface area contributed by atoms with Crippen LogP contribution in [0.4, 0.5) is 0 Å². The summed E-state index contributed by atoms with van der Waals surface area (Å²) in [6.07, 6.45) is 4.72. The molecule has 0 unspecified atom stereocenters. The van der Waals surface area contributed by atoms with Gasteiger partial charge in [0.2, 0.25) is 0 Å². The lowest BCUT2D eigenvalue weighted by atomic mass is 9.97. The summed E-state index contributed by atoms with van der Waals surface area (Å²) in [6, 6.07) is 16.8. The summed E-state index contributed by atoms with van der Waals surface area (Å²) in [4.78, 5) is 25.4. The molecule has 0 radical (unpaired) electrons. The van der Waals surface area contributed by atoms with E-state index in [2.05, 4.69) is 9.97 Å². The average Bonchev–Trinajstić information content (AvgIpc) is 3.12. The number of aromatic amines is 1. The molecule has 1 aliphatic carbocycles. The van der Waals surface area contributed by atoms with Gasteiger partial charge < -0.3 is 14.8 Å². The molecule has 7 nitrogen and oxygen atoms in total. The summed E-state index contributed by atoms with van der Waals surface area (Å²) >= 11 is 0. The number of carbonyl (C=O) groups excluding carboxylic acids is 1. The van der Waals surface area contributed by atoms with Gasteiger partial charge in [0.05, 0.1) is 22.1 Å². The number of carbonyl (C=O) groups is 1. The number of aliphatic hydroxyl groups is 1. The molecule has 2 heterocycles. The van der Waals surface area contributed by atoms with E-state index in [0.29, 0.717) is 11.1 Å². The number of aromatic nitrogens is 3. The first-order valence-electron chi connectivity index (χ1n) is 11.0. The summed E-state index contributed by atoms with van der Waals surface area (Å²) in [6.45, 7) is -0.426. The Bertz CT molecular complexity index is 1410. The lowest BCUT2D eigenvalue weighted by Gasteiger charge is -2.15. The molecule has 0 spiro atoms. The number of fused-ring (bicyclic) bond motifs is 3. The molecule has 2 aromatic carbocycles. The van der Waals surface area contributed by atoms with Crippen LogP contribution in [-0.4, -0.2) is 32.6 Å². The van der Waals surface area contributed by atoms with Gasteiger partial charge in [-0.2, -0.15) is 5.26 Å². The molecule has 0 bridgehead atoms. The van der Waals surface area contributed by atoms with Gasteiger partial charge in [-0.05, 0) is 49.4 Å². The minimum absolute atomic E-state index is 0.0579. The van der Waals surface area contributed by atoms with Crippen LogP contribution in [0, 0.1) is 11.3 Å². The van der Waals surface area contributed by atoms with Crippen molar-refractivity contribution in [1.82, 2.24) is 15.0 Å². The van der Waals surface area contributed by atoms with Crippen LogP contribution in [0.3, 0.4) is 0 Å². The molecule has 0 atom stereocenters. The Labute approximate surface area is 190 Å². The number of nitriles is 1. The SMILES string of the molecule is N#CC(=C(O)COC(=O)c1c2c(nc3ccccc13)CCCCC2)c1nc2ccccc2[nH]1. The van der Waals surface area contributed by atoms with Crippen LogP contribution < -0.4 is 0 Å². The fraction of sp³-hybridized carbons (Fsp3) is 0.231. The number of aryl methyl sites for hydroxylation is 1. The van der Waals surface area contributed by atoms with E-state index in [4.69, 9.17) is 9.72 Å². The number of benzene rings is 2. The molecule has 1 aliphatic rings. The first kappa shape index (κ1) is 20.7. The van der Waals surface area contributed by atoms with Crippen molar-refractivity contribution in [2.24, 2.45) is 0 Å². The highest BCUT2D eigenvalue weighted by Gasteiger charge is 2.24. The van der Waals surface area contributed by atoms with E-state index in [1.165, 1.54) is 0 Å². The number of aliphatic hydroxyl groups excluding tert-OH is 1. The zero-order valence-corrected chi connectivity index (χ0v) is 18.0. The molecule has 164 valence electrons. The minimum atomic E-state index is -0.528. The van der Waals surface area contributed by atoms with Gasteiger partial charge in [0.25, 0.3) is 0 Å². The number of hydrogen-bond acceptors (Lipinski definition) is 6. The Morgan fingerprint density at radius 2 is 1.79 bits per heavy atom. The Morgan fingerprint density at radius 3 is 2.61 bits per heavy atom. The van der Waals surface area contributed by atoms with Gasteiger partial charge in [0, 0.05) is 11.1 Å². The first-order chi connectivity index (χ1) is 16.2. The number of rotatable bonds is 4. The molecule has 0 amide bonds. The topological polar surface area (TPSA) is 112 Å². The van der Waals surface area contributed by atoms with E-state index < -0.39 is 12.6 Å². The predicted molar refractivity (Wildman–Crippen MR) is 125 cm³/mol. The van der Waals surface area contributed by atoms with Crippen molar-refractivity contribution in [3.63, 3.8) is 0 Å². The average molecular weight is 438 g/mol. The maximum Gasteiger partial charge on any atom is 0.339 e. The monoisotopic (exact) mass is 438 g/mol. The highest BCUT2D eigenvalue weighted by molar-refractivity contribution is 6.05. The summed E-state index contributed by atoms with van der Waals surface area (Å²) < 4.78 is 5.52.